The van der Waals surface area contributed by atoms with Gasteiger partial charge < -0.3 is 26.2 Å². The van der Waals surface area contributed by atoms with Gasteiger partial charge in [0.05, 0.1) is 24.8 Å². The molecular weight excluding hydrogens is 408 g/mol. The molecule has 1 saturated heterocycles. The topological polar surface area (TPSA) is 129 Å². The number of nitrogens with zero attached hydrogens (tertiary/aromatic N) is 2. The third-order valence-corrected chi connectivity index (χ3v) is 6.01. The van der Waals surface area contributed by atoms with E-state index in [1.165, 1.54) is 4.90 Å². The largest absolute Gasteiger partial charge is 0.394 e. The Morgan fingerprint density at radius 2 is 1.94 bits per heavy atom. The van der Waals surface area contributed by atoms with Gasteiger partial charge in [0, 0.05) is 25.4 Å². The van der Waals surface area contributed by atoms with Crippen LogP contribution in [-0.2, 0) is 9.59 Å². The predicted molar refractivity (Wildman–Crippen MR) is 121 cm³/mol. The molecule has 0 unspecified atom stereocenters. The van der Waals surface area contributed by atoms with Gasteiger partial charge in [-0.2, -0.15) is 0 Å². The van der Waals surface area contributed by atoms with Crippen molar-refractivity contribution in [2.24, 2.45) is 11.7 Å². The first-order valence-electron chi connectivity index (χ1n) is 10.9. The maximum Gasteiger partial charge on any atom is 0.243 e. The van der Waals surface area contributed by atoms with Crippen molar-refractivity contribution in [3.63, 3.8) is 0 Å². The van der Waals surface area contributed by atoms with Gasteiger partial charge in [0.25, 0.3) is 0 Å². The quantitative estimate of drug-likeness (QED) is 0.511. The molecule has 3 rings (SSSR count). The highest BCUT2D eigenvalue weighted by atomic mass is 16.3. The molecule has 2 aromatic rings. The van der Waals surface area contributed by atoms with E-state index in [4.69, 9.17) is 5.73 Å². The van der Waals surface area contributed by atoms with Crippen LogP contribution in [0, 0.1) is 12.8 Å². The number of pyridine rings is 1. The van der Waals surface area contributed by atoms with Gasteiger partial charge in [-0.05, 0) is 41.2 Å². The molecule has 8 heteroatoms. The van der Waals surface area contributed by atoms with Crippen LogP contribution in [-0.4, -0.2) is 63.3 Å². The number of aryl methyl sites for hydroxylation is 1. The van der Waals surface area contributed by atoms with Gasteiger partial charge >= 0.3 is 0 Å². The molecule has 1 aliphatic heterocycles. The first-order chi connectivity index (χ1) is 15.2. The molecule has 1 aromatic heterocycles. The van der Waals surface area contributed by atoms with Gasteiger partial charge in [0.2, 0.25) is 11.8 Å². The van der Waals surface area contributed by atoms with Crippen LogP contribution in [0.15, 0.2) is 42.7 Å². The average molecular weight is 441 g/mol. The minimum atomic E-state index is -0.824. The fraction of sp³-hybridized carbons (Fsp3) is 0.458. The Kier molecular flexibility index (Phi) is 7.60. The van der Waals surface area contributed by atoms with Crippen molar-refractivity contribution in [3.05, 3.63) is 53.9 Å². The first kappa shape index (κ1) is 23.8. The summed E-state index contributed by atoms with van der Waals surface area (Å²) in [4.78, 5) is 31.2. The zero-order valence-electron chi connectivity index (χ0n) is 18.7. The standard InChI is InChI=1S/C24H32N4O4/c1-14(2)22(25)24(32)28-12-18(30)10-21(28)23(31)27-20(13-29)17-6-4-16(5-7-17)19-8-9-26-11-15(19)3/h4-9,11,14,18,20-22,29-30H,10,12-13,25H2,1-3H3,(H,27,31)/t18-,20+,21+,22+/m1/s1. The lowest BCUT2D eigenvalue weighted by Crippen LogP contribution is -2.53. The van der Waals surface area contributed by atoms with E-state index in [2.05, 4.69) is 10.3 Å². The van der Waals surface area contributed by atoms with E-state index in [9.17, 15) is 19.8 Å². The maximum absolute atomic E-state index is 13.0. The summed E-state index contributed by atoms with van der Waals surface area (Å²) in [5, 5.41) is 22.8. The van der Waals surface area contributed by atoms with Crippen molar-refractivity contribution >= 4 is 11.8 Å². The molecule has 0 radical (unpaired) electrons. The zero-order valence-corrected chi connectivity index (χ0v) is 18.7. The smallest absolute Gasteiger partial charge is 0.243 e. The SMILES string of the molecule is Cc1cnccc1-c1ccc([C@H](CO)NC(=O)[C@@H]2C[C@@H](O)CN2C(=O)[C@@H](N)C(C)C)cc1. The second-order valence-electron chi connectivity index (χ2n) is 8.72. The van der Waals surface area contributed by atoms with E-state index in [1.807, 2.05) is 51.1 Å². The molecule has 0 aliphatic carbocycles. The van der Waals surface area contributed by atoms with Crippen LogP contribution >= 0.6 is 0 Å². The van der Waals surface area contributed by atoms with Crippen LogP contribution in [0.4, 0.5) is 0 Å². The van der Waals surface area contributed by atoms with Crippen LogP contribution in [0.2, 0.25) is 0 Å². The highest BCUT2D eigenvalue weighted by Crippen LogP contribution is 2.25. The normalized spacial score (nSPS) is 20.3. The van der Waals surface area contributed by atoms with Crippen LogP contribution in [0.3, 0.4) is 0 Å². The van der Waals surface area contributed by atoms with Gasteiger partial charge in [-0.25, -0.2) is 0 Å². The van der Waals surface area contributed by atoms with Crippen LogP contribution < -0.4 is 11.1 Å². The monoisotopic (exact) mass is 440 g/mol. The van der Waals surface area contributed by atoms with Gasteiger partial charge in [-0.1, -0.05) is 38.1 Å². The summed E-state index contributed by atoms with van der Waals surface area (Å²) in [6.45, 7) is 5.43. The number of nitrogens with one attached hydrogen (secondary N) is 1. The number of hydrogen-bond donors (Lipinski definition) is 4. The molecule has 1 fully saturated rings. The minimum absolute atomic E-state index is 0.0705. The summed E-state index contributed by atoms with van der Waals surface area (Å²) in [5.41, 5.74) is 9.86. The number of nitrogens with two attached hydrogens (primary N) is 1. The molecular formula is C24H32N4O4. The first-order valence-corrected chi connectivity index (χ1v) is 10.9. The number of β-amino-alcohol motifs (C(OH)–C–C–N with tert-alkyl or cyclic N) is 1. The Hall–Kier alpha value is -2.81. The third-order valence-electron chi connectivity index (χ3n) is 6.01. The van der Waals surface area contributed by atoms with Crippen LogP contribution in [0.25, 0.3) is 11.1 Å². The Bertz CT molecular complexity index is 947. The van der Waals surface area contributed by atoms with Gasteiger partial charge in [0.15, 0.2) is 0 Å². The molecule has 4 atom stereocenters. The lowest BCUT2D eigenvalue weighted by atomic mass is 9.99. The fourth-order valence-corrected chi connectivity index (χ4v) is 3.98. The van der Waals surface area contributed by atoms with Crippen molar-refractivity contribution < 1.29 is 19.8 Å². The maximum atomic E-state index is 13.0. The van der Waals surface area contributed by atoms with E-state index >= 15 is 0 Å². The van der Waals surface area contributed by atoms with Crippen molar-refractivity contribution in [1.29, 1.82) is 0 Å². The van der Waals surface area contributed by atoms with Gasteiger partial charge in [0.1, 0.15) is 6.04 Å². The molecule has 5 N–H and O–H groups in total. The average Bonchev–Trinajstić information content (AvgIpc) is 3.18. The molecule has 0 bridgehead atoms. The summed E-state index contributed by atoms with van der Waals surface area (Å²) in [6, 6.07) is 7.32. The number of likely N-dealkylation sites (tertiary alicyclic amines) is 1. The molecule has 1 aromatic carbocycles. The van der Waals surface area contributed by atoms with E-state index in [0.717, 1.165) is 22.3 Å². The summed E-state index contributed by atoms with van der Waals surface area (Å²) in [7, 11) is 0. The second kappa shape index (κ2) is 10.2. The lowest BCUT2D eigenvalue weighted by molar-refractivity contribution is -0.140. The molecule has 172 valence electrons. The minimum Gasteiger partial charge on any atom is -0.394 e. The summed E-state index contributed by atoms with van der Waals surface area (Å²) >= 11 is 0. The van der Waals surface area contributed by atoms with Gasteiger partial charge in [-0.15, -0.1) is 0 Å². The molecule has 1 aliphatic rings. The summed E-state index contributed by atoms with van der Waals surface area (Å²) in [5.74, 6) is -0.857. The van der Waals surface area contributed by atoms with E-state index in [0.29, 0.717) is 0 Å². The Morgan fingerprint density at radius 1 is 1.25 bits per heavy atom. The number of aliphatic hydroxyl groups excluding tert-OH is 2. The number of benzene rings is 1. The number of aliphatic hydroxyl groups is 2. The zero-order chi connectivity index (χ0) is 23.4. The number of hydrogen-bond acceptors (Lipinski definition) is 6. The van der Waals surface area contributed by atoms with Crippen molar-refractivity contribution in [3.8, 4) is 11.1 Å². The fourth-order valence-electron chi connectivity index (χ4n) is 3.98. The molecule has 8 nitrogen and oxygen atoms in total. The molecule has 2 amide bonds. The Balaban J connectivity index is 1.73. The van der Waals surface area contributed by atoms with E-state index < -0.39 is 30.1 Å². The highest BCUT2D eigenvalue weighted by molar-refractivity contribution is 5.90. The number of carbonyl (C=O) groups excluding carboxylic acids is 2. The highest BCUT2D eigenvalue weighted by Gasteiger charge is 2.41. The van der Waals surface area contributed by atoms with Crippen molar-refractivity contribution in [1.82, 2.24) is 15.2 Å². The predicted octanol–water partition coefficient (Wildman–Crippen LogP) is 1.15. The van der Waals surface area contributed by atoms with E-state index in [-0.39, 0.29) is 31.4 Å². The lowest BCUT2D eigenvalue weighted by Gasteiger charge is -2.29. The van der Waals surface area contributed by atoms with Crippen LogP contribution in [0.5, 0.6) is 0 Å². The molecule has 0 saturated carbocycles. The Morgan fingerprint density at radius 3 is 2.53 bits per heavy atom. The molecule has 32 heavy (non-hydrogen) atoms. The van der Waals surface area contributed by atoms with Gasteiger partial charge in [-0.3, -0.25) is 14.6 Å². The summed E-state index contributed by atoms with van der Waals surface area (Å²) in [6.07, 6.45) is 2.89. The number of carbonyl (C=O) groups is 2. The number of rotatable bonds is 7. The van der Waals surface area contributed by atoms with Crippen molar-refractivity contribution in [2.45, 2.75) is 51.4 Å². The number of amides is 2. The number of aromatic nitrogens is 1. The Labute approximate surface area is 188 Å². The molecule has 0 spiro atoms. The molecule has 2 heterocycles. The third kappa shape index (κ3) is 5.15. The van der Waals surface area contributed by atoms with Crippen LogP contribution in [0.1, 0.15) is 37.4 Å². The second-order valence-corrected chi connectivity index (χ2v) is 8.72. The van der Waals surface area contributed by atoms with Crippen molar-refractivity contribution in [2.75, 3.05) is 13.2 Å². The summed E-state index contributed by atoms with van der Waals surface area (Å²) < 4.78 is 0. The van der Waals surface area contributed by atoms with E-state index in [1.54, 1.807) is 12.4 Å².